The van der Waals surface area contributed by atoms with E-state index in [1.807, 2.05) is 0 Å². The number of hydrogen-bond donors (Lipinski definition) is 1. The molecule has 0 bridgehead atoms. The van der Waals surface area contributed by atoms with Crippen LogP contribution in [0, 0.1) is 10.1 Å². The topological polar surface area (TPSA) is 111 Å². The van der Waals surface area contributed by atoms with Gasteiger partial charge in [-0.2, -0.15) is 4.31 Å². The number of rotatable bonds is 6. The van der Waals surface area contributed by atoms with E-state index in [2.05, 4.69) is 5.32 Å². The molecule has 0 aliphatic carbocycles. The van der Waals surface area contributed by atoms with Crippen LogP contribution in [0.5, 0.6) is 0 Å². The Bertz CT molecular complexity index is 727. The molecule has 2 aliphatic heterocycles. The zero-order valence-electron chi connectivity index (χ0n) is 13.7. The van der Waals surface area contributed by atoms with Crippen molar-refractivity contribution in [2.24, 2.45) is 0 Å². The van der Waals surface area contributed by atoms with Crippen LogP contribution < -0.4 is 5.32 Å². The van der Waals surface area contributed by atoms with Gasteiger partial charge in [0.05, 0.1) is 29.1 Å². The molecule has 25 heavy (non-hydrogen) atoms. The van der Waals surface area contributed by atoms with Crippen LogP contribution in [0.1, 0.15) is 12.8 Å². The summed E-state index contributed by atoms with van der Waals surface area (Å²) < 4.78 is 37.2. The molecule has 1 aromatic carbocycles. The van der Waals surface area contributed by atoms with E-state index in [1.54, 1.807) is 0 Å². The molecule has 1 N–H and O–H groups in total. The number of ether oxygens (including phenoxy) is 2. The van der Waals surface area contributed by atoms with Gasteiger partial charge in [-0.05, 0) is 25.0 Å². The number of nitro benzene ring substituents is 1. The summed E-state index contributed by atoms with van der Waals surface area (Å²) in [5.74, 6) is 0. The molecule has 1 atom stereocenters. The summed E-state index contributed by atoms with van der Waals surface area (Å²) in [5.41, 5.74) is 0.0359. The fraction of sp³-hybridized carbons (Fsp3) is 0.600. The number of nitrogens with one attached hydrogen (secondary N) is 1. The average molecular weight is 371 g/mol. The summed E-state index contributed by atoms with van der Waals surface area (Å²) in [7, 11) is -3.77. The molecule has 10 heteroatoms. The molecule has 2 fully saturated rings. The predicted octanol–water partition coefficient (Wildman–Crippen LogP) is 1.21. The highest BCUT2D eigenvalue weighted by atomic mass is 32.2. The second-order valence-electron chi connectivity index (χ2n) is 5.97. The van der Waals surface area contributed by atoms with Gasteiger partial charge in [0, 0.05) is 32.3 Å². The van der Waals surface area contributed by atoms with Crippen LogP contribution >= 0.6 is 0 Å². The van der Waals surface area contributed by atoms with Gasteiger partial charge in [-0.3, -0.25) is 10.1 Å². The summed E-state index contributed by atoms with van der Waals surface area (Å²) in [6.07, 6.45) is 1.91. The fourth-order valence-electron chi connectivity index (χ4n) is 2.94. The van der Waals surface area contributed by atoms with E-state index in [-0.39, 0.29) is 29.8 Å². The number of anilines is 1. The lowest BCUT2D eigenvalue weighted by Gasteiger charge is -2.26. The predicted molar refractivity (Wildman–Crippen MR) is 90.1 cm³/mol. The monoisotopic (exact) mass is 371 g/mol. The Hall–Kier alpha value is -1.75. The molecule has 2 saturated heterocycles. The first-order valence-corrected chi connectivity index (χ1v) is 9.64. The molecule has 0 spiro atoms. The van der Waals surface area contributed by atoms with E-state index in [0.717, 1.165) is 18.9 Å². The second-order valence-corrected chi connectivity index (χ2v) is 7.91. The SMILES string of the molecule is O=[N+]([O-])c1cc(S(=O)(=O)N2CCOCC2)ccc1NCC1CCCO1. The highest BCUT2D eigenvalue weighted by molar-refractivity contribution is 7.89. The molecule has 0 aromatic heterocycles. The lowest BCUT2D eigenvalue weighted by Crippen LogP contribution is -2.40. The van der Waals surface area contributed by atoms with Crippen molar-refractivity contribution in [1.82, 2.24) is 4.31 Å². The quantitative estimate of drug-likeness (QED) is 0.591. The number of nitrogens with zero attached hydrogens (tertiary/aromatic N) is 2. The van der Waals surface area contributed by atoms with Crippen LogP contribution in [0.2, 0.25) is 0 Å². The van der Waals surface area contributed by atoms with Crippen molar-refractivity contribution in [1.29, 1.82) is 0 Å². The van der Waals surface area contributed by atoms with E-state index in [4.69, 9.17) is 9.47 Å². The van der Waals surface area contributed by atoms with Gasteiger partial charge in [-0.1, -0.05) is 0 Å². The molecule has 0 amide bonds. The number of nitro groups is 1. The van der Waals surface area contributed by atoms with E-state index in [1.165, 1.54) is 16.4 Å². The minimum Gasteiger partial charge on any atom is -0.379 e. The standard InChI is InChI=1S/C15H21N3O6S/c19-18(20)15-10-13(25(21,22)17-5-8-23-9-6-17)3-4-14(15)16-11-12-2-1-7-24-12/h3-4,10,12,16H,1-2,5-9,11H2. The van der Waals surface area contributed by atoms with Gasteiger partial charge in [0.15, 0.2) is 0 Å². The Morgan fingerprint density at radius 3 is 2.68 bits per heavy atom. The van der Waals surface area contributed by atoms with Crippen LogP contribution in [-0.2, 0) is 19.5 Å². The summed E-state index contributed by atoms with van der Waals surface area (Å²) in [4.78, 5) is 10.7. The van der Waals surface area contributed by atoms with Crippen LogP contribution in [0.25, 0.3) is 0 Å². The maximum Gasteiger partial charge on any atom is 0.293 e. The highest BCUT2D eigenvalue weighted by Crippen LogP contribution is 2.29. The molecular weight excluding hydrogens is 350 g/mol. The Kier molecular flexibility index (Phi) is 5.52. The second kappa shape index (κ2) is 7.65. The molecule has 0 saturated carbocycles. The Morgan fingerprint density at radius 1 is 1.28 bits per heavy atom. The summed E-state index contributed by atoms with van der Waals surface area (Å²) in [5, 5.41) is 14.4. The van der Waals surface area contributed by atoms with Crippen molar-refractivity contribution in [2.45, 2.75) is 23.8 Å². The Labute approximate surface area is 146 Å². The van der Waals surface area contributed by atoms with Crippen molar-refractivity contribution in [3.8, 4) is 0 Å². The molecule has 0 radical (unpaired) electrons. The van der Waals surface area contributed by atoms with Gasteiger partial charge in [-0.25, -0.2) is 8.42 Å². The zero-order chi connectivity index (χ0) is 17.9. The van der Waals surface area contributed by atoms with E-state index < -0.39 is 14.9 Å². The number of morpholine rings is 1. The van der Waals surface area contributed by atoms with Crippen LogP contribution in [-0.4, -0.2) is 63.2 Å². The smallest absolute Gasteiger partial charge is 0.293 e. The minimum atomic E-state index is -3.77. The highest BCUT2D eigenvalue weighted by Gasteiger charge is 2.29. The van der Waals surface area contributed by atoms with Gasteiger partial charge in [0.2, 0.25) is 10.0 Å². The first-order valence-electron chi connectivity index (χ1n) is 8.20. The third-order valence-corrected chi connectivity index (χ3v) is 6.21. The Balaban J connectivity index is 1.81. The largest absolute Gasteiger partial charge is 0.379 e. The van der Waals surface area contributed by atoms with Crippen molar-refractivity contribution < 1.29 is 22.8 Å². The molecule has 2 heterocycles. The maximum absolute atomic E-state index is 12.6. The van der Waals surface area contributed by atoms with Gasteiger partial charge >= 0.3 is 0 Å². The summed E-state index contributed by atoms with van der Waals surface area (Å²) in [6, 6.07) is 3.96. The molecular formula is C15H21N3O6S. The fourth-order valence-corrected chi connectivity index (χ4v) is 4.37. The lowest BCUT2D eigenvalue weighted by molar-refractivity contribution is -0.384. The third kappa shape index (κ3) is 4.09. The van der Waals surface area contributed by atoms with Crippen LogP contribution in [0.3, 0.4) is 0 Å². The summed E-state index contributed by atoms with van der Waals surface area (Å²) in [6.45, 7) is 2.29. The van der Waals surface area contributed by atoms with E-state index in [9.17, 15) is 18.5 Å². The number of hydrogen-bond acceptors (Lipinski definition) is 7. The zero-order valence-corrected chi connectivity index (χ0v) is 14.5. The minimum absolute atomic E-state index is 0.0244. The Morgan fingerprint density at radius 2 is 2.04 bits per heavy atom. The molecule has 9 nitrogen and oxygen atoms in total. The first kappa shape index (κ1) is 18.1. The molecule has 1 unspecified atom stereocenters. The molecule has 138 valence electrons. The van der Waals surface area contributed by atoms with Gasteiger partial charge in [0.1, 0.15) is 5.69 Å². The lowest BCUT2D eigenvalue weighted by atomic mass is 10.2. The van der Waals surface area contributed by atoms with Crippen molar-refractivity contribution >= 4 is 21.4 Å². The normalized spacial score (nSPS) is 22.0. The molecule has 1 aromatic rings. The van der Waals surface area contributed by atoms with Crippen LogP contribution in [0.15, 0.2) is 23.1 Å². The van der Waals surface area contributed by atoms with E-state index in [0.29, 0.717) is 32.1 Å². The van der Waals surface area contributed by atoms with Crippen LogP contribution in [0.4, 0.5) is 11.4 Å². The van der Waals surface area contributed by atoms with E-state index >= 15 is 0 Å². The summed E-state index contributed by atoms with van der Waals surface area (Å²) >= 11 is 0. The van der Waals surface area contributed by atoms with Gasteiger partial charge < -0.3 is 14.8 Å². The van der Waals surface area contributed by atoms with Crippen molar-refractivity contribution in [3.63, 3.8) is 0 Å². The third-order valence-electron chi connectivity index (χ3n) is 4.32. The van der Waals surface area contributed by atoms with Crippen molar-refractivity contribution in [3.05, 3.63) is 28.3 Å². The first-order chi connectivity index (χ1) is 12.0. The van der Waals surface area contributed by atoms with Gasteiger partial charge in [-0.15, -0.1) is 0 Å². The maximum atomic E-state index is 12.6. The average Bonchev–Trinajstić information content (AvgIpc) is 3.14. The van der Waals surface area contributed by atoms with Gasteiger partial charge in [0.25, 0.3) is 5.69 Å². The van der Waals surface area contributed by atoms with Crippen molar-refractivity contribution in [2.75, 3.05) is 44.8 Å². The number of benzene rings is 1. The molecule has 3 rings (SSSR count). The number of sulfonamides is 1. The molecule has 2 aliphatic rings.